The zero-order chi connectivity index (χ0) is 8.97. The fourth-order valence-corrected chi connectivity index (χ4v) is 1.54. The van der Waals surface area contributed by atoms with Gasteiger partial charge in [0.05, 0.1) is 0 Å². The van der Waals surface area contributed by atoms with E-state index in [-0.39, 0.29) is 5.11 Å². The first kappa shape index (κ1) is 9.45. The molecule has 0 aromatic rings. The van der Waals surface area contributed by atoms with Crippen LogP contribution in [0.15, 0.2) is 5.10 Å². The van der Waals surface area contributed by atoms with E-state index in [2.05, 4.69) is 29.7 Å². The van der Waals surface area contributed by atoms with Gasteiger partial charge >= 0.3 is 0 Å². The number of hydrogen-bond acceptors (Lipinski definition) is 2. The summed E-state index contributed by atoms with van der Waals surface area (Å²) in [6.07, 6.45) is 4.71. The Morgan fingerprint density at radius 3 is 3.08 bits per heavy atom. The SMILES string of the molecule is CC1CCC/C(=N/NC(N)=S)C1. The number of nitrogens with two attached hydrogens (primary N) is 1. The molecule has 0 bridgehead atoms. The Labute approximate surface area is 78.4 Å². The minimum atomic E-state index is 0.251. The average Bonchev–Trinajstić information content (AvgIpc) is 2.01. The number of rotatable bonds is 1. The minimum Gasteiger partial charge on any atom is -0.375 e. The molecule has 3 nitrogen and oxygen atoms in total. The molecule has 0 saturated heterocycles. The van der Waals surface area contributed by atoms with Crippen molar-refractivity contribution in [1.29, 1.82) is 0 Å². The van der Waals surface area contributed by atoms with Crippen LogP contribution < -0.4 is 11.2 Å². The van der Waals surface area contributed by atoms with Crippen molar-refractivity contribution in [3.05, 3.63) is 0 Å². The average molecular weight is 185 g/mol. The maximum atomic E-state index is 5.26. The molecule has 1 aliphatic carbocycles. The first-order valence-corrected chi connectivity index (χ1v) is 4.70. The van der Waals surface area contributed by atoms with Crippen LogP contribution in [0.3, 0.4) is 0 Å². The van der Waals surface area contributed by atoms with Crippen molar-refractivity contribution in [2.24, 2.45) is 16.8 Å². The third-order valence-corrected chi connectivity index (χ3v) is 2.16. The van der Waals surface area contributed by atoms with Crippen LogP contribution in [0.25, 0.3) is 0 Å². The van der Waals surface area contributed by atoms with Gasteiger partial charge in [-0.3, -0.25) is 5.43 Å². The summed E-state index contributed by atoms with van der Waals surface area (Å²) >= 11 is 4.65. The van der Waals surface area contributed by atoms with E-state index in [1.54, 1.807) is 0 Å². The van der Waals surface area contributed by atoms with Crippen molar-refractivity contribution >= 4 is 23.0 Å². The molecular formula is C8H15N3S. The van der Waals surface area contributed by atoms with Crippen LogP contribution in [0.5, 0.6) is 0 Å². The first-order valence-electron chi connectivity index (χ1n) is 4.29. The molecule has 0 aliphatic heterocycles. The molecule has 1 saturated carbocycles. The van der Waals surface area contributed by atoms with E-state index >= 15 is 0 Å². The van der Waals surface area contributed by atoms with Crippen molar-refractivity contribution in [3.8, 4) is 0 Å². The van der Waals surface area contributed by atoms with Crippen LogP contribution in [-0.2, 0) is 0 Å². The van der Waals surface area contributed by atoms with E-state index in [4.69, 9.17) is 5.73 Å². The standard InChI is InChI=1S/C8H15N3S/c1-6-3-2-4-7(5-6)10-11-8(9)12/h6H,2-5H2,1H3,(H3,9,11,12)/b10-7-. The third-order valence-electron chi connectivity index (χ3n) is 2.07. The fraction of sp³-hybridized carbons (Fsp3) is 0.750. The van der Waals surface area contributed by atoms with Crippen LogP contribution in [-0.4, -0.2) is 10.8 Å². The molecule has 0 aromatic heterocycles. The molecule has 0 heterocycles. The highest BCUT2D eigenvalue weighted by Gasteiger charge is 2.13. The van der Waals surface area contributed by atoms with Crippen LogP contribution in [0.4, 0.5) is 0 Å². The van der Waals surface area contributed by atoms with E-state index in [1.807, 2.05) is 0 Å². The zero-order valence-electron chi connectivity index (χ0n) is 7.34. The van der Waals surface area contributed by atoms with Crippen molar-refractivity contribution in [2.45, 2.75) is 32.6 Å². The second kappa shape index (κ2) is 4.40. The van der Waals surface area contributed by atoms with Gasteiger partial charge in [0.1, 0.15) is 0 Å². The Hall–Kier alpha value is -0.640. The van der Waals surface area contributed by atoms with Gasteiger partial charge in [0.15, 0.2) is 5.11 Å². The predicted octanol–water partition coefficient (Wildman–Crippen LogP) is 1.39. The van der Waals surface area contributed by atoms with Gasteiger partial charge in [-0.1, -0.05) is 6.92 Å². The number of hydrazone groups is 1. The Morgan fingerprint density at radius 2 is 2.50 bits per heavy atom. The lowest BCUT2D eigenvalue weighted by atomic mass is 9.89. The molecule has 0 radical (unpaired) electrons. The van der Waals surface area contributed by atoms with E-state index in [0.717, 1.165) is 18.8 Å². The van der Waals surface area contributed by atoms with Gasteiger partial charge in [-0.2, -0.15) is 5.10 Å². The van der Waals surface area contributed by atoms with E-state index in [0.29, 0.717) is 0 Å². The molecular weight excluding hydrogens is 170 g/mol. The summed E-state index contributed by atoms with van der Waals surface area (Å²) in [6, 6.07) is 0. The van der Waals surface area contributed by atoms with Crippen LogP contribution in [0.2, 0.25) is 0 Å². The molecule has 1 aliphatic rings. The van der Waals surface area contributed by atoms with E-state index in [1.165, 1.54) is 18.6 Å². The summed E-state index contributed by atoms with van der Waals surface area (Å²) in [4.78, 5) is 0. The molecule has 1 atom stereocenters. The highest BCUT2D eigenvalue weighted by atomic mass is 32.1. The highest BCUT2D eigenvalue weighted by Crippen LogP contribution is 2.20. The zero-order valence-corrected chi connectivity index (χ0v) is 8.16. The Morgan fingerprint density at radius 1 is 1.75 bits per heavy atom. The van der Waals surface area contributed by atoms with Crippen LogP contribution in [0.1, 0.15) is 32.6 Å². The second-order valence-corrected chi connectivity index (χ2v) is 3.80. The number of thiocarbonyl (C=S) groups is 1. The number of nitrogens with one attached hydrogen (secondary N) is 1. The monoisotopic (exact) mass is 185 g/mol. The van der Waals surface area contributed by atoms with Gasteiger partial charge in [-0.25, -0.2) is 0 Å². The maximum Gasteiger partial charge on any atom is 0.184 e. The lowest BCUT2D eigenvalue weighted by Crippen LogP contribution is -2.26. The van der Waals surface area contributed by atoms with Crippen molar-refractivity contribution in [3.63, 3.8) is 0 Å². The van der Waals surface area contributed by atoms with Gasteiger partial charge in [0.2, 0.25) is 0 Å². The third kappa shape index (κ3) is 3.17. The van der Waals surface area contributed by atoms with E-state index < -0.39 is 0 Å². The number of hydrogen-bond donors (Lipinski definition) is 2. The first-order chi connectivity index (χ1) is 5.68. The number of nitrogens with zero attached hydrogens (tertiary/aromatic N) is 1. The lowest BCUT2D eigenvalue weighted by Gasteiger charge is -2.18. The lowest BCUT2D eigenvalue weighted by molar-refractivity contribution is 0.498. The van der Waals surface area contributed by atoms with Gasteiger partial charge in [-0.05, 0) is 43.8 Å². The Bertz CT molecular complexity index is 200. The second-order valence-electron chi connectivity index (χ2n) is 3.36. The quantitative estimate of drug-likeness (QED) is 0.479. The smallest absolute Gasteiger partial charge is 0.184 e. The largest absolute Gasteiger partial charge is 0.375 e. The molecule has 4 heteroatoms. The van der Waals surface area contributed by atoms with Crippen molar-refractivity contribution < 1.29 is 0 Å². The minimum absolute atomic E-state index is 0.251. The Kier molecular flexibility index (Phi) is 3.47. The Balaban J connectivity index is 2.39. The van der Waals surface area contributed by atoms with Crippen molar-refractivity contribution in [1.82, 2.24) is 5.43 Å². The highest BCUT2D eigenvalue weighted by molar-refractivity contribution is 7.80. The van der Waals surface area contributed by atoms with E-state index in [9.17, 15) is 0 Å². The van der Waals surface area contributed by atoms with Crippen molar-refractivity contribution in [2.75, 3.05) is 0 Å². The van der Waals surface area contributed by atoms with Gasteiger partial charge < -0.3 is 5.73 Å². The molecule has 1 fully saturated rings. The summed E-state index contributed by atoms with van der Waals surface area (Å²) in [5.41, 5.74) is 9.09. The summed E-state index contributed by atoms with van der Waals surface area (Å²) < 4.78 is 0. The van der Waals surface area contributed by atoms with Crippen LogP contribution >= 0.6 is 12.2 Å². The summed E-state index contributed by atoms with van der Waals surface area (Å²) in [5.74, 6) is 0.755. The predicted molar refractivity (Wildman–Crippen MR) is 55.0 cm³/mol. The fourth-order valence-electron chi connectivity index (χ4n) is 1.50. The molecule has 12 heavy (non-hydrogen) atoms. The van der Waals surface area contributed by atoms with Gasteiger partial charge in [0.25, 0.3) is 0 Å². The normalized spacial score (nSPS) is 27.1. The molecule has 0 aromatic carbocycles. The molecule has 68 valence electrons. The molecule has 1 rings (SSSR count). The summed E-state index contributed by atoms with van der Waals surface area (Å²) in [7, 11) is 0. The molecule has 0 spiro atoms. The molecule has 3 N–H and O–H groups in total. The van der Waals surface area contributed by atoms with Gasteiger partial charge in [0, 0.05) is 5.71 Å². The summed E-state index contributed by atoms with van der Waals surface area (Å²) in [5, 5.41) is 4.38. The molecule has 1 unspecified atom stereocenters. The van der Waals surface area contributed by atoms with Crippen LogP contribution in [0, 0.1) is 5.92 Å². The molecule has 0 amide bonds. The topological polar surface area (TPSA) is 50.4 Å². The summed E-state index contributed by atoms with van der Waals surface area (Å²) in [6.45, 7) is 2.25. The van der Waals surface area contributed by atoms with Gasteiger partial charge in [-0.15, -0.1) is 0 Å². The maximum absolute atomic E-state index is 5.26.